The number of hydrogen-bond donors (Lipinski definition) is 2. The SMILES string of the molecule is CCNC(=NCC(C)N1CCc2ccccc2C1)NCCC(F)(F)F.I. The Morgan fingerprint density at radius 3 is 2.58 bits per heavy atom. The lowest BCUT2D eigenvalue weighted by Gasteiger charge is -2.33. The van der Waals surface area contributed by atoms with Crippen molar-refractivity contribution in [3.05, 3.63) is 35.4 Å². The lowest BCUT2D eigenvalue weighted by Crippen LogP contribution is -2.42. The van der Waals surface area contributed by atoms with Crippen molar-refractivity contribution in [2.75, 3.05) is 26.2 Å². The van der Waals surface area contributed by atoms with Gasteiger partial charge in [0.05, 0.1) is 13.0 Å². The van der Waals surface area contributed by atoms with E-state index in [1.54, 1.807) is 0 Å². The molecule has 1 atom stereocenters. The summed E-state index contributed by atoms with van der Waals surface area (Å²) >= 11 is 0. The van der Waals surface area contributed by atoms with Crippen LogP contribution in [0.2, 0.25) is 0 Å². The zero-order valence-corrected chi connectivity index (χ0v) is 17.6. The van der Waals surface area contributed by atoms with Crippen molar-refractivity contribution < 1.29 is 13.2 Å². The van der Waals surface area contributed by atoms with E-state index in [4.69, 9.17) is 0 Å². The Kier molecular flexibility index (Phi) is 9.70. The number of alkyl halides is 3. The number of aliphatic imine (C=N–C) groups is 1. The summed E-state index contributed by atoms with van der Waals surface area (Å²) in [5, 5.41) is 5.75. The Morgan fingerprint density at radius 2 is 1.92 bits per heavy atom. The first-order chi connectivity index (χ1) is 11.9. The van der Waals surface area contributed by atoms with Crippen molar-refractivity contribution in [3.63, 3.8) is 0 Å². The van der Waals surface area contributed by atoms with Gasteiger partial charge in [0.15, 0.2) is 5.96 Å². The first-order valence-corrected chi connectivity index (χ1v) is 8.79. The van der Waals surface area contributed by atoms with Gasteiger partial charge in [-0.2, -0.15) is 13.2 Å². The molecule has 0 saturated carbocycles. The first kappa shape index (κ1) is 23.0. The molecule has 1 aromatic carbocycles. The predicted octanol–water partition coefficient (Wildman–Crippen LogP) is 3.56. The van der Waals surface area contributed by atoms with Crippen LogP contribution in [0.4, 0.5) is 13.2 Å². The van der Waals surface area contributed by atoms with E-state index < -0.39 is 12.6 Å². The molecule has 0 aromatic heterocycles. The molecule has 8 heteroatoms. The summed E-state index contributed by atoms with van der Waals surface area (Å²) in [6, 6.07) is 8.67. The molecule has 1 aliphatic heterocycles. The highest BCUT2D eigenvalue weighted by Gasteiger charge is 2.26. The van der Waals surface area contributed by atoms with Gasteiger partial charge in [0, 0.05) is 32.2 Å². The van der Waals surface area contributed by atoms with E-state index in [9.17, 15) is 13.2 Å². The summed E-state index contributed by atoms with van der Waals surface area (Å²) in [4.78, 5) is 6.82. The van der Waals surface area contributed by atoms with Crippen LogP contribution in [-0.4, -0.2) is 49.3 Å². The largest absolute Gasteiger partial charge is 0.390 e. The summed E-state index contributed by atoms with van der Waals surface area (Å²) in [7, 11) is 0. The summed E-state index contributed by atoms with van der Waals surface area (Å²) in [5.41, 5.74) is 2.75. The molecule has 0 amide bonds. The van der Waals surface area contributed by atoms with Crippen molar-refractivity contribution in [1.29, 1.82) is 0 Å². The Morgan fingerprint density at radius 1 is 1.23 bits per heavy atom. The number of halogens is 4. The van der Waals surface area contributed by atoms with Gasteiger partial charge in [0.1, 0.15) is 0 Å². The van der Waals surface area contributed by atoms with Crippen LogP contribution in [0.15, 0.2) is 29.3 Å². The van der Waals surface area contributed by atoms with Crippen LogP contribution in [0.3, 0.4) is 0 Å². The van der Waals surface area contributed by atoms with Crippen LogP contribution in [0.25, 0.3) is 0 Å². The van der Waals surface area contributed by atoms with Gasteiger partial charge in [-0.05, 0) is 31.4 Å². The summed E-state index contributed by atoms with van der Waals surface area (Å²) in [6.45, 7) is 6.87. The van der Waals surface area contributed by atoms with E-state index in [0.717, 1.165) is 19.5 Å². The maximum atomic E-state index is 12.3. The van der Waals surface area contributed by atoms with Crippen molar-refractivity contribution in [2.45, 2.75) is 45.5 Å². The molecule has 26 heavy (non-hydrogen) atoms. The van der Waals surface area contributed by atoms with Crippen LogP contribution in [0, 0.1) is 0 Å². The molecule has 1 aliphatic rings. The molecule has 0 aliphatic carbocycles. The molecule has 1 unspecified atom stereocenters. The maximum Gasteiger partial charge on any atom is 0.390 e. The third kappa shape index (κ3) is 7.69. The fourth-order valence-corrected chi connectivity index (χ4v) is 2.90. The third-order valence-corrected chi connectivity index (χ3v) is 4.34. The van der Waals surface area contributed by atoms with Crippen LogP contribution in [0.1, 0.15) is 31.4 Å². The fourth-order valence-electron chi connectivity index (χ4n) is 2.90. The number of hydrogen-bond acceptors (Lipinski definition) is 2. The molecule has 1 aromatic rings. The first-order valence-electron chi connectivity index (χ1n) is 8.79. The zero-order valence-electron chi connectivity index (χ0n) is 15.3. The predicted molar refractivity (Wildman–Crippen MR) is 110 cm³/mol. The quantitative estimate of drug-likeness (QED) is 0.369. The molecular weight excluding hydrogens is 456 g/mol. The number of nitrogens with one attached hydrogen (secondary N) is 2. The highest BCUT2D eigenvalue weighted by Crippen LogP contribution is 2.20. The van der Waals surface area contributed by atoms with Crippen LogP contribution in [0.5, 0.6) is 0 Å². The smallest absolute Gasteiger partial charge is 0.357 e. The average Bonchev–Trinajstić information content (AvgIpc) is 2.58. The molecule has 1 heterocycles. The number of nitrogens with zero attached hydrogens (tertiary/aromatic N) is 2. The van der Waals surface area contributed by atoms with Gasteiger partial charge in [0.25, 0.3) is 0 Å². The van der Waals surface area contributed by atoms with Crippen LogP contribution < -0.4 is 10.6 Å². The molecule has 148 valence electrons. The Labute approximate surface area is 170 Å². The zero-order chi connectivity index (χ0) is 18.3. The van der Waals surface area contributed by atoms with Gasteiger partial charge < -0.3 is 10.6 Å². The molecule has 2 N–H and O–H groups in total. The standard InChI is InChI=1S/C18H27F3N4.HI/c1-3-22-17(23-10-9-18(19,20)21)24-12-14(2)25-11-8-15-6-4-5-7-16(15)13-25;/h4-7,14H,3,8-13H2,1-2H3,(H2,22,23,24);1H. The third-order valence-electron chi connectivity index (χ3n) is 4.34. The average molecular weight is 484 g/mol. The number of rotatable bonds is 6. The van der Waals surface area contributed by atoms with E-state index in [-0.39, 0.29) is 36.6 Å². The second-order valence-corrected chi connectivity index (χ2v) is 6.35. The van der Waals surface area contributed by atoms with Crippen molar-refractivity contribution >= 4 is 29.9 Å². The van der Waals surface area contributed by atoms with Gasteiger partial charge in [-0.1, -0.05) is 24.3 Å². The second-order valence-electron chi connectivity index (χ2n) is 6.35. The second kappa shape index (κ2) is 11.0. The minimum absolute atomic E-state index is 0. The molecule has 0 saturated heterocycles. The lowest BCUT2D eigenvalue weighted by atomic mass is 9.99. The van der Waals surface area contributed by atoms with Gasteiger partial charge in [-0.3, -0.25) is 9.89 Å². The fraction of sp³-hybridized carbons (Fsp3) is 0.611. The molecule has 2 rings (SSSR count). The lowest BCUT2D eigenvalue weighted by molar-refractivity contribution is -0.132. The van der Waals surface area contributed by atoms with E-state index in [2.05, 4.69) is 51.7 Å². The van der Waals surface area contributed by atoms with E-state index in [0.29, 0.717) is 19.0 Å². The highest BCUT2D eigenvalue weighted by atomic mass is 127. The van der Waals surface area contributed by atoms with Crippen molar-refractivity contribution in [2.24, 2.45) is 4.99 Å². The number of benzene rings is 1. The van der Waals surface area contributed by atoms with Gasteiger partial charge >= 0.3 is 6.18 Å². The van der Waals surface area contributed by atoms with Crippen LogP contribution in [-0.2, 0) is 13.0 Å². The minimum atomic E-state index is -4.15. The molecule has 0 spiro atoms. The molecule has 0 bridgehead atoms. The summed E-state index contributed by atoms with van der Waals surface area (Å²) in [6.07, 6.45) is -4.00. The normalized spacial score (nSPS) is 16.4. The van der Waals surface area contributed by atoms with Crippen molar-refractivity contribution in [1.82, 2.24) is 15.5 Å². The number of guanidine groups is 1. The topological polar surface area (TPSA) is 39.7 Å². The molecular formula is C18H28F3IN4. The van der Waals surface area contributed by atoms with Crippen molar-refractivity contribution in [3.8, 4) is 0 Å². The van der Waals surface area contributed by atoms with Gasteiger partial charge in [-0.25, -0.2) is 0 Å². The van der Waals surface area contributed by atoms with Gasteiger partial charge in [0.2, 0.25) is 0 Å². The Balaban J connectivity index is 0.00000338. The highest BCUT2D eigenvalue weighted by molar-refractivity contribution is 14.0. The molecule has 0 radical (unpaired) electrons. The number of fused-ring (bicyclic) bond motifs is 1. The van der Waals surface area contributed by atoms with Crippen LogP contribution >= 0.6 is 24.0 Å². The molecule has 0 fully saturated rings. The maximum absolute atomic E-state index is 12.3. The minimum Gasteiger partial charge on any atom is -0.357 e. The van der Waals surface area contributed by atoms with E-state index in [1.807, 2.05) is 6.92 Å². The van der Waals surface area contributed by atoms with E-state index in [1.165, 1.54) is 11.1 Å². The monoisotopic (exact) mass is 484 g/mol. The molecule has 4 nitrogen and oxygen atoms in total. The Hall–Kier alpha value is -1.03. The van der Waals surface area contributed by atoms with E-state index >= 15 is 0 Å². The summed E-state index contributed by atoms with van der Waals surface area (Å²) < 4.78 is 36.8. The Bertz CT molecular complexity index is 578. The van der Waals surface area contributed by atoms with Gasteiger partial charge in [-0.15, -0.1) is 24.0 Å². The summed E-state index contributed by atoms with van der Waals surface area (Å²) in [5.74, 6) is 0.441.